The number of carbonyl (C=O) groups excluding carboxylic acids is 4. The van der Waals surface area contributed by atoms with E-state index in [0.29, 0.717) is 0 Å². The van der Waals surface area contributed by atoms with E-state index in [1.807, 2.05) is 6.07 Å². The lowest BCUT2D eigenvalue weighted by atomic mass is 9.98. The van der Waals surface area contributed by atoms with Gasteiger partial charge in [0.15, 0.2) is 0 Å². The van der Waals surface area contributed by atoms with Gasteiger partial charge in [0.05, 0.1) is 12.6 Å². The molecule has 0 aliphatic rings. The van der Waals surface area contributed by atoms with Crippen LogP contribution in [0.15, 0.2) is 0 Å². The minimum atomic E-state index is -5.12. The van der Waals surface area contributed by atoms with Gasteiger partial charge in [0.1, 0.15) is 17.9 Å². The van der Waals surface area contributed by atoms with E-state index >= 15 is 0 Å². The normalized spacial score (nSPS) is 14.4. The molecule has 158 valence electrons. The molecule has 0 bridgehead atoms. The lowest BCUT2D eigenvalue weighted by Gasteiger charge is -2.22. The zero-order chi connectivity index (χ0) is 22.1. The van der Waals surface area contributed by atoms with E-state index in [2.05, 4.69) is 10.6 Å². The Morgan fingerprint density at radius 3 is 2.04 bits per heavy atom. The third-order valence-corrected chi connectivity index (χ3v) is 3.78. The van der Waals surface area contributed by atoms with Gasteiger partial charge >= 0.3 is 12.1 Å². The Hall–Kier alpha value is -2.64. The standard InChI is InChI=1S/C17H25F3N4O4/c1-9(2)5-13(24-14(26)8-22-16(28)17(18,19)20)15(27)23-12(7-21)6-10(3)11(4)25/h9-10,12-13H,5-6,8H2,1-4H3,(H,22,28)(H,23,27)(H,24,26)/t10-,12-,13?/m0/s1. The summed E-state index contributed by atoms with van der Waals surface area (Å²) in [5.41, 5.74) is 0. The Morgan fingerprint density at radius 1 is 1.04 bits per heavy atom. The highest BCUT2D eigenvalue weighted by Crippen LogP contribution is 2.14. The Morgan fingerprint density at radius 2 is 1.61 bits per heavy atom. The van der Waals surface area contributed by atoms with Gasteiger partial charge < -0.3 is 16.0 Å². The molecule has 0 aliphatic carbocycles. The molecular weight excluding hydrogens is 381 g/mol. The van der Waals surface area contributed by atoms with E-state index in [1.54, 1.807) is 20.8 Å². The summed E-state index contributed by atoms with van der Waals surface area (Å²) in [7, 11) is 0. The quantitative estimate of drug-likeness (QED) is 0.495. The molecule has 0 aromatic rings. The van der Waals surface area contributed by atoms with Crippen LogP contribution < -0.4 is 16.0 Å². The van der Waals surface area contributed by atoms with Gasteiger partial charge in [0.25, 0.3) is 0 Å². The molecule has 0 aliphatic heterocycles. The molecule has 0 rings (SSSR count). The summed E-state index contributed by atoms with van der Waals surface area (Å²) in [6.07, 6.45) is -4.88. The van der Waals surface area contributed by atoms with E-state index < -0.39 is 48.4 Å². The lowest BCUT2D eigenvalue weighted by molar-refractivity contribution is -0.173. The highest BCUT2D eigenvalue weighted by molar-refractivity contribution is 5.91. The first-order chi connectivity index (χ1) is 12.8. The second-order valence-corrected chi connectivity index (χ2v) is 6.87. The Labute approximate surface area is 161 Å². The van der Waals surface area contributed by atoms with Crippen molar-refractivity contribution < 1.29 is 32.3 Å². The molecule has 0 heterocycles. The minimum absolute atomic E-state index is 0.0579. The number of nitrogens with one attached hydrogen (secondary N) is 3. The summed E-state index contributed by atoms with van der Waals surface area (Å²) in [5.74, 6) is -4.62. The first kappa shape index (κ1) is 25.4. The molecule has 8 nitrogen and oxygen atoms in total. The van der Waals surface area contributed by atoms with E-state index in [1.165, 1.54) is 12.2 Å². The molecule has 0 spiro atoms. The maximum absolute atomic E-state index is 12.4. The van der Waals surface area contributed by atoms with E-state index in [4.69, 9.17) is 5.26 Å². The van der Waals surface area contributed by atoms with Gasteiger partial charge in [-0.25, -0.2) is 0 Å². The molecular formula is C17H25F3N4O4. The van der Waals surface area contributed by atoms with Crippen molar-refractivity contribution in [1.29, 1.82) is 5.26 Å². The smallest absolute Gasteiger partial charge is 0.343 e. The number of carbonyl (C=O) groups is 4. The zero-order valence-corrected chi connectivity index (χ0v) is 16.1. The van der Waals surface area contributed by atoms with Gasteiger partial charge in [0.2, 0.25) is 11.8 Å². The maximum atomic E-state index is 12.4. The van der Waals surface area contributed by atoms with Crippen molar-refractivity contribution in [1.82, 2.24) is 16.0 Å². The molecule has 1 unspecified atom stereocenters. The molecule has 0 radical (unpaired) electrons. The van der Waals surface area contributed by atoms with Crippen LogP contribution in [-0.2, 0) is 19.2 Å². The fourth-order valence-corrected chi connectivity index (χ4v) is 2.14. The molecule has 0 saturated heterocycles. The highest BCUT2D eigenvalue weighted by atomic mass is 19.4. The van der Waals surface area contributed by atoms with Gasteiger partial charge in [-0.2, -0.15) is 18.4 Å². The Kier molecular flexibility index (Phi) is 10.2. The molecule has 28 heavy (non-hydrogen) atoms. The summed E-state index contributed by atoms with van der Waals surface area (Å²) >= 11 is 0. The number of hydrogen-bond donors (Lipinski definition) is 3. The molecule has 0 aromatic carbocycles. The van der Waals surface area contributed by atoms with Crippen LogP contribution in [0.3, 0.4) is 0 Å². The summed E-state index contributed by atoms with van der Waals surface area (Å²) in [4.78, 5) is 46.3. The predicted molar refractivity (Wildman–Crippen MR) is 92.5 cm³/mol. The number of rotatable bonds is 10. The van der Waals surface area contributed by atoms with Crippen LogP contribution in [-0.4, -0.2) is 48.3 Å². The number of nitriles is 1. The number of halogens is 3. The second kappa shape index (κ2) is 11.3. The van der Waals surface area contributed by atoms with Gasteiger partial charge in [-0.05, 0) is 25.7 Å². The number of Topliss-reactive ketones (excluding diaryl/α,β-unsaturated/α-hetero) is 1. The largest absolute Gasteiger partial charge is 0.471 e. The van der Waals surface area contributed by atoms with Crippen LogP contribution in [0.25, 0.3) is 0 Å². The summed E-state index contributed by atoms with van der Waals surface area (Å²) in [6.45, 7) is 5.53. The van der Waals surface area contributed by atoms with Gasteiger partial charge in [0, 0.05) is 5.92 Å². The van der Waals surface area contributed by atoms with E-state index in [-0.39, 0.29) is 24.5 Å². The van der Waals surface area contributed by atoms with Gasteiger partial charge in [-0.15, -0.1) is 0 Å². The second-order valence-electron chi connectivity index (χ2n) is 6.87. The molecule has 11 heteroatoms. The predicted octanol–water partition coefficient (Wildman–Crippen LogP) is 0.819. The first-order valence-corrected chi connectivity index (χ1v) is 8.62. The molecule has 0 fully saturated rings. The third-order valence-electron chi connectivity index (χ3n) is 3.78. The fraction of sp³-hybridized carbons (Fsp3) is 0.706. The van der Waals surface area contributed by atoms with Crippen LogP contribution >= 0.6 is 0 Å². The minimum Gasteiger partial charge on any atom is -0.343 e. The van der Waals surface area contributed by atoms with Gasteiger partial charge in [-0.1, -0.05) is 20.8 Å². The average molecular weight is 406 g/mol. The van der Waals surface area contributed by atoms with Crippen molar-refractivity contribution in [3.63, 3.8) is 0 Å². The number of alkyl halides is 3. The summed E-state index contributed by atoms with van der Waals surface area (Å²) in [6, 6.07) is -0.224. The SMILES string of the molecule is CC(=O)[C@@H](C)C[C@@H](C#N)NC(=O)C(CC(C)C)NC(=O)CNC(=O)C(F)(F)F. The van der Waals surface area contributed by atoms with Crippen LogP contribution in [0, 0.1) is 23.2 Å². The molecule has 3 amide bonds. The van der Waals surface area contributed by atoms with Crippen molar-refractivity contribution in [2.75, 3.05) is 6.54 Å². The topological polar surface area (TPSA) is 128 Å². The number of ketones is 1. The van der Waals surface area contributed by atoms with Crippen LogP contribution in [0.5, 0.6) is 0 Å². The van der Waals surface area contributed by atoms with E-state index in [0.717, 1.165) is 0 Å². The van der Waals surface area contributed by atoms with Crippen LogP contribution in [0.4, 0.5) is 13.2 Å². The maximum Gasteiger partial charge on any atom is 0.471 e. The molecule has 3 atom stereocenters. The van der Waals surface area contributed by atoms with Crippen LogP contribution in [0.1, 0.15) is 40.5 Å². The van der Waals surface area contributed by atoms with E-state index in [9.17, 15) is 32.3 Å². The van der Waals surface area contributed by atoms with Gasteiger partial charge in [-0.3, -0.25) is 19.2 Å². The number of hydrogen-bond acceptors (Lipinski definition) is 5. The van der Waals surface area contributed by atoms with Crippen molar-refractivity contribution in [3.05, 3.63) is 0 Å². The van der Waals surface area contributed by atoms with Crippen molar-refractivity contribution in [2.45, 2.75) is 58.8 Å². The van der Waals surface area contributed by atoms with Crippen molar-refractivity contribution >= 4 is 23.5 Å². The van der Waals surface area contributed by atoms with Crippen molar-refractivity contribution in [2.24, 2.45) is 11.8 Å². The third kappa shape index (κ3) is 9.89. The van der Waals surface area contributed by atoms with Crippen molar-refractivity contribution in [3.8, 4) is 6.07 Å². The molecule has 0 saturated carbocycles. The monoisotopic (exact) mass is 406 g/mol. The highest BCUT2D eigenvalue weighted by Gasteiger charge is 2.38. The lowest BCUT2D eigenvalue weighted by Crippen LogP contribution is -2.52. The molecule has 0 aromatic heterocycles. The zero-order valence-electron chi connectivity index (χ0n) is 16.1. The fourth-order valence-electron chi connectivity index (χ4n) is 2.14. The first-order valence-electron chi connectivity index (χ1n) is 8.62. The Balaban J connectivity index is 4.93. The Bertz CT molecular complexity index is 629. The number of amides is 3. The average Bonchev–Trinajstić information content (AvgIpc) is 2.56. The summed E-state index contributed by atoms with van der Waals surface area (Å²) in [5, 5.41) is 15.2. The molecule has 3 N–H and O–H groups in total. The van der Waals surface area contributed by atoms with Crippen LogP contribution in [0.2, 0.25) is 0 Å². The summed E-state index contributed by atoms with van der Waals surface area (Å²) < 4.78 is 36.4. The number of nitrogens with zero attached hydrogens (tertiary/aromatic N) is 1.